The zero-order valence-corrected chi connectivity index (χ0v) is 16.7. The zero-order valence-electron chi connectivity index (χ0n) is 14.4. The average Bonchev–Trinajstić information content (AvgIpc) is 3.51. The molecular formula is C17H10BrClN6O4. The van der Waals surface area contributed by atoms with Gasteiger partial charge in [-0.1, -0.05) is 11.6 Å². The molecule has 0 bridgehead atoms. The summed E-state index contributed by atoms with van der Waals surface area (Å²) in [5.41, 5.74) is -1.64. The van der Waals surface area contributed by atoms with Gasteiger partial charge in [-0.2, -0.15) is 9.94 Å². The van der Waals surface area contributed by atoms with Gasteiger partial charge in [-0.25, -0.2) is 9.89 Å². The van der Waals surface area contributed by atoms with Crippen molar-refractivity contribution < 1.29 is 4.74 Å². The smallest absolute Gasteiger partial charge is 0.349 e. The summed E-state index contributed by atoms with van der Waals surface area (Å²) < 4.78 is 6.92. The van der Waals surface area contributed by atoms with Gasteiger partial charge in [-0.15, -0.1) is 10.2 Å². The first-order valence-electron chi connectivity index (χ1n) is 8.28. The number of aromatic amines is 2. The van der Waals surface area contributed by atoms with E-state index in [0.29, 0.717) is 10.0 Å². The molecule has 2 aromatic heterocycles. The fraction of sp³-hybridized carbons (Fsp3) is 0.176. The Labute approximate surface area is 174 Å². The molecular weight excluding hydrogens is 468 g/mol. The molecule has 3 aromatic rings. The Hall–Kier alpha value is -3.23. The van der Waals surface area contributed by atoms with Crippen molar-refractivity contribution >= 4 is 27.5 Å². The Bertz CT molecular complexity index is 1330. The molecule has 2 N–H and O–H groups in total. The van der Waals surface area contributed by atoms with E-state index in [1.54, 1.807) is 12.1 Å². The lowest BCUT2D eigenvalue weighted by Crippen LogP contribution is -2.33. The number of hydrogen-bond donors (Lipinski definition) is 2. The van der Waals surface area contributed by atoms with E-state index in [1.807, 2.05) is 4.98 Å². The number of aromatic nitrogens is 5. The Balaban J connectivity index is 1.73. The van der Waals surface area contributed by atoms with Crippen molar-refractivity contribution in [2.24, 2.45) is 0 Å². The van der Waals surface area contributed by atoms with E-state index >= 15 is 0 Å². The van der Waals surface area contributed by atoms with Gasteiger partial charge >= 0.3 is 5.69 Å². The number of H-pyrrole nitrogens is 2. The van der Waals surface area contributed by atoms with E-state index < -0.39 is 16.9 Å². The van der Waals surface area contributed by atoms with E-state index in [2.05, 4.69) is 31.2 Å². The van der Waals surface area contributed by atoms with Crippen molar-refractivity contribution in [3.63, 3.8) is 0 Å². The van der Waals surface area contributed by atoms with Crippen molar-refractivity contribution in [2.45, 2.75) is 18.8 Å². The summed E-state index contributed by atoms with van der Waals surface area (Å²) in [7, 11) is 0. The molecule has 0 atom stereocenters. The standard InChI is InChI=1S/C17H10BrClN6O4/c18-10-3-8(25-17(28)21-16(27)12(6-20)24-25)4-11(19)14(10)29-13-5-9(7-1-2-7)15(26)23-22-13/h3-5,7H,1-2H2,(H,23,26)(H,21,27,28). The molecule has 1 fully saturated rings. The molecule has 0 radical (unpaired) electrons. The van der Waals surface area contributed by atoms with E-state index in [9.17, 15) is 14.4 Å². The first-order chi connectivity index (χ1) is 13.9. The molecule has 0 amide bonds. The Morgan fingerprint density at radius 3 is 2.66 bits per heavy atom. The topological polar surface area (TPSA) is 147 Å². The second-order valence-electron chi connectivity index (χ2n) is 6.24. The molecule has 0 aliphatic heterocycles. The number of halogens is 2. The van der Waals surface area contributed by atoms with Crippen LogP contribution in [0.5, 0.6) is 11.6 Å². The molecule has 0 unspecified atom stereocenters. The van der Waals surface area contributed by atoms with Crippen LogP contribution in [-0.4, -0.2) is 25.0 Å². The third kappa shape index (κ3) is 3.72. The second kappa shape index (κ2) is 7.31. The van der Waals surface area contributed by atoms with Crippen LogP contribution in [0.1, 0.15) is 30.0 Å². The van der Waals surface area contributed by atoms with Crippen molar-refractivity contribution in [1.82, 2.24) is 25.0 Å². The maximum absolute atomic E-state index is 12.0. The summed E-state index contributed by atoms with van der Waals surface area (Å²) >= 11 is 9.62. The van der Waals surface area contributed by atoms with Crippen LogP contribution in [0.25, 0.3) is 5.69 Å². The van der Waals surface area contributed by atoms with Crippen LogP contribution in [0, 0.1) is 11.3 Å². The predicted octanol–water partition coefficient (Wildman–Crippen LogP) is 1.96. The number of nitriles is 1. The molecule has 29 heavy (non-hydrogen) atoms. The van der Waals surface area contributed by atoms with Crippen molar-refractivity contribution in [3.8, 4) is 23.4 Å². The minimum atomic E-state index is -0.880. The fourth-order valence-electron chi connectivity index (χ4n) is 2.67. The monoisotopic (exact) mass is 476 g/mol. The SMILES string of the molecule is N#Cc1nn(-c2cc(Cl)c(Oc3cc(C4CC4)c(=O)[nH]n3)c(Br)c2)c(=O)[nH]c1=O. The molecule has 1 saturated carbocycles. The van der Waals surface area contributed by atoms with Crippen LogP contribution >= 0.6 is 27.5 Å². The summed E-state index contributed by atoms with van der Waals surface area (Å²) in [6.07, 6.45) is 1.88. The van der Waals surface area contributed by atoms with Gasteiger partial charge < -0.3 is 4.74 Å². The van der Waals surface area contributed by atoms with Gasteiger partial charge in [-0.3, -0.25) is 14.6 Å². The Morgan fingerprint density at radius 2 is 2.00 bits per heavy atom. The Morgan fingerprint density at radius 1 is 1.24 bits per heavy atom. The normalized spacial score (nSPS) is 13.1. The van der Waals surface area contributed by atoms with E-state index in [1.165, 1.54) is 12.1 Å². The minimum absolute atomic E-state index is 0.105. The molecule has 1 aromatic carbocycles. The molecule has 1 aliphatic carbocycles. The highest BCUT2D eigenvalue weighted by atomic mass is 79.9. The van der Waals surface area contributed by atoms with Crippen molar-refractivity contribution in [2.75, 3.05) is 0 Å². The average molecular weight is 478 g/mol. The quantitative estimate of drug-likeness (QED) is 0.584. The number of hydrogen-bond acceptors (Lipinski definition) is 7. The summed E-state index contributed by atoms with van der Waals surface area (Å²) in [5, 5.41) is 19.1. The molecule has 0 spiro atoms. The van der Waals surface area contributed by atoms with Crippen LogP contribution in [0.3, 0.4) is 0 Å². The van der Waals surface area contributed by atoms with E-state index in [0.717, 1.165) is 17.5 Å². The van der Waals surface area contributed by atoms with Crippen LogP contribution in [0.4, 0.5) is 0 Å². The van der Waals surface area contributed by atoms with Crippen LogP contribution < -0.4 is 21.5 Å². The van der Waals surface area contributed by atoms with Crippen LogP contribution in [0.2, 0.25) is 5.02 Å². The molecule has 4 rings (SSSR count). The van der Waals surface area contributed by atoms with Crippen LogP contribution in [0.15, 0.2) is 37.1 Å². The van der Waals surface area contributed by atoms with E-state index in [4.69, 9.17) is 21.6 Å². The lowest BCUT2D eigenvalue weighted by molar-refractivity contribution is 0.450. The first-order valence-corrected chi connectivity index (χ1v) is 9.45. The highest BCUT2D eigenvalue weighted by Gasteiger charge is 2.27. The number of nitrogens with zero attached hydrogens (tertiary/aromatic N) is 4. The highest BCUT2D eigenvalue weighted by Crippen LogP contribution is 2.41. The second-order valence-corrected chi connectivity index (χ2v) is 7.50. The minimum Gasteiger partial charge on any atom is -0.435 e. The lowest BCUT2D eigenvalue weighted by Gasteiger charge is -2.12. The lowest BCUT2D eigenvalue weighted by atomic mass is 10.2. The molecule has 12 heteroatoms. The predicted molar refractivity (Wildman–Crippen MR) is 105 cm³/mol. The largest absolute Gasteiger partial charge is 0.435 e. The van der Waals surface area contributed by atoms with Gasteiger partial charge in [0.05, 0.1) is 15.2 Å². The molecule has 10 nitrogen and oxygen atoms in total. The summed E-state index contributed by atoms with van der Waals surface area (Å²) in [6, 6.07) is 6.03. The van der Waals surface area contributed by atoms with E-state index in [-0.39, 0.29) is 33.8 Å². The number of nitrogens with one attached hydrogen (secondary N) is 2. The third-order valence-corrected chi connectivity index (χ3v) is 5.06. The van der Waals surface area contributed by atoms with Gasteiger partial charge in [0.15, 0.2) is 5.75 Å². The maximum Gasteiger partial charge on any atom is 0.349 e. The molecule has 0 saturated heterocycles. The number of benzene rings is 1. The summed E-state index contributed by atoms with van der Waals surface area (Å²) in [6.45, 7) is 0. The van der Waals surface area contributed by atoms with Gasteiger partial charge in [0.2, 0.25) is 11.6 Å². The third-order valence-electron chi connectivity index (χ3n) is 4.19. The van der Waals surface area contributed by atoms with Gasteiger partial charge in [-0.05, 0) is 46.8 Å². The molecule has 1 aliphatic rings. The summed E-state index contributed by atoms with van der Waals surface area (Å²) in [4.78, 5) is 37.4. The number of rotatable bonds is 4. The Kier molecular flexibility index (Phi) is 4.81. The molecule has 146 valence electrons. The first kappa shape index (κ1) is 19.1. The van der Waals surface area contributed by atoms with Gasteiger partial charge in [0.1, 0.15) is 6.07 Å². The van der Waals surface area contributed by atoms with Crippen molar-refractivity contribution in [3.05, 3.63) is 70.1 Å². The van der Waals surface area contributed by atoms with Gasteiger partial charge in [0.25, 0.3) is 11.1 Å². The van der Waals surface area contributed by atoms with Crippen LogP contribution in [-0.2, 0) is 0 Å². The fourth-order valence-corrected chi connectivity index (χ4v) is 3.57. The van der Waals surface area contributed by atoms with Gasteiger partial charge in [0, 0.05) is 11.6 Å². The maximum atomic E-state index is 12.0. The highest BCUT2D eigenvalue weighted by molar-refractivity contribution is 9.10. The van der Waals surface area contributed by atoms with Crippen molar-refractivity contribution in [1.29, 1.82) is 5.26 Å². The molecule has 2 heterocycles. The summed E-state index contributed by atoms with van der Waals surface area (Å²) in [5.74, 6) is 0.570. The number of ether oxygens (including phenoxy) is 1. The zero-order chi connectivity index (χ0) is 20.7.